The molecule has 0 aliphatic heterocycles. The molecule has 0 heterocycles. The molecule has 1 saturated carbocycles. The maximum atomic E-state index is 3.57. The van der Waals surface area contributed by atoms with Crippen molar-refractivity contribution in [1.29, 1.82) is 0 Å². The fourth-order valence-electron chi connectivity index (χ4n) is 1.93. The van der Waals surface area contributed by atoms with E-state index in [2.05, 4.69) is 24.1 Å². The second kappa shape index (κ2) is 6.05. The minimum Gasteiger partial charge on any atom is -0.313 e. The zero-order chi connectivity index (χ0) is 9.52. The van der Waals surface area contributed by atoms with Crippen LogP contribution in [0, 0.1) is 17.8 Å². The second-order valence-corrected chi connectivity index (χ2v) is 4.09. The van der Waals surface area contributed by atoms with E-state index in [1.165, 1.54) is 25.7 Å². The number of rotatable bonds is 3. The molecule has 1 aliphatic carbocycles. The topological polar surface area (TPSA) is 12.0 Å². The van der Waals surface area contributed by atoms with Crippen LogP contribution < -0.4 is 5.32 Å². The maximum absolute atomic E-state index is 3.57. The van der Waals surface area contributed by atoms with Crippen LogP contribution in [-0.2, 0) is 0 Å². The minimum absolute atomic E-state index is 0.773. The fraction of sp³-hybridized carbons (Fsp3) is 0.833. The van der Waals surface area contributed by atoms with Gasteiger partial charge in [0.25, 0.3) is 0 Å². The van der Waals surface area contributed by atoms with Gasteiger partial charge in [-0.1, -0.05) is 6.92 Å². The van der Waals surface area contributed by atoms with Gasteiger partial charge in [0.15, 0.2) is 0 Å². The number of hydrogen-bond donors (Lipinski definition) is 1. The Morgan fingerprint density at radius 3 is 2.54 bits per heavy atom. The predicted octanol–water partition coefficient (Wildman–Crippen LogP) is 2.57. The highest BCUT2D eigenvalue weighted by Gasteiger charge is 2.16. The fourth-order valence-corrected chi connectivity index (χ4v) is 1.93. The van der Waals surface area contributed by atoms with Gasteiger partial charge in [-0.15, -0.1) is 11.8 Å². The molecule has 0 saturated heterocycles. The first-order valence-corrected chi connectivity index (χ1v) is 5.46. The van der Waals surface area contributed by atoms with E-state index in [1.807, 2.05) is 6.92 Å². The molecule has 1 aliphatic rings. The highest BCUT2D eigenvalue weighted by molar-refractivity contribution is 4.95. The van der Waals surface area contributed by atoms with Crippen LogP contribution in [0.5, 0.6) is 0 Å². The van der Waals surface area contributed by atoms with Gasteiger partial charge in [0.05, 0.1) is 0 Å². The molecule has 1 heteroatoms. The molecule has 1 N–H and O–H groups in total. The summed E-state index contributed by atoms with van der Waals surface area (Å²) in [4.78, 5) is 0. The van der Waals surface area contributed by atoms with Crippen molar-refractivity contribution in [2.75, 3.05) is 6.54 Å². The van der Waals surface area contributed by atoms with Crippen molar-refractivity contribution in [1.82, 2.24) is 5.32 Å². The van der Waals surface area contributed by atoms with E-state index in [0.29, 0.717) is 0 Å². The van der Waals surface area contributed by atoms with Gasteiger partial charge in [-0.05, 0) is 38.5 Å². The van der Waals surface area contributed by atoms with Crippen molar-refractivity contribution in [3.63, 3.8) is 0 Å². The largest absolute Gasteiger partial charge is 0.313 e. The summed E-state index contributed by atoms with van der Waals surface area (Å²) >= 11 is 0. The molecule has 0 amide bonds. The first-order valence-electron chi connectivity index (χ1n) is 5.46. The molecule has 1 fully saturated rings. The molecule has 1 rings (SSSR count). The molecule has 0 spiro atoms. The Morgan fingerprint density at radius 1 is 1.23 bits per heavy atom. The summed E-state index contributed by atoms with van der Waals surface area (Å²) in [7, 11) is 0. The average Bonchev–Trinajstić information content (AvgIpc) is 2.15. The standard InChI is InChI=1S/C12H21N/c1-3-4-5-10-13-12-8-6-11(2)7-9-12/h11-13H,5-10H2,1-2H3. The highest BCUT2D eigenvalue weighted by atomic mass is 14.9. The Balaban J connectivity index is 2.04. The molecule has 1 nitrogen and oxygen atoms in total. The van der Waals surface area contributed by atoms with E-state index in [4.69, 9.17) is 0 Å². The maximum Gasteiger partial charge on any atom is 0.0214 e. The van der Waals surface area contributed by atoms with Gasteiger partial charge < -0.3 is 5.32 Å². The second-order valence-electron chi connectivity index (χ2n) is 4.09. The van der Waals surface area contributed by atoms with Gasteiger partial charge in [-0.2, -0.15) is 0 Å². The van der Waals surface area contributed by atoms with Gasteiger partial charge in [0.1, 0.15) is 0 Å². The van der Waals surface area contributed by atoms with Crippen LogP contribution in [0.15, 0.2) is 0 Å². The van der Waals surface area contributed by atoms with Crippen molar-refractivity contribution in [2.24, 2.45) is 5.92 Å². The SMILES string of the molecule is CC#CCCNC1CCC(C)CC1. The Hall–Kier alpha value is -0.480. The summed E-state index contributed by atoms with van der Waals surface area (Å²) in [5, 5.41) is 3.57. The molecule has 0 aromatic rings. The molecule has 0 aromatic carbocycles. The lowest BCUT2D eigenvalue weighted by Crippen LogP contribution is -2.33. The smallest absolute Gasteiger partial charge is 0.0214 e. The number of nitrogens with one attached hydrogen (secondary N) is 1. The summed E-state index contributed by atoms with van der Waals surface area (Å²) in [5.74, 6) is 6.96. The summed E-state index contributed by atoms with van der Waals surface area (Å²) in [6.07, 6.45) is 6.53. The van der Waals surface area contributed by atoms with E-state index >= 15 is 0 Å². The van der Waals surface area contributed by atoms with E-state index in [9.17, 15) is 0 Å². The molecule has 74 valence electrons. The molecular formula is C12H21N. The third kappa shape index (κ3) is 4.33. The van der Waals surface area contributed by atoms with Gasteiger partial charge in [0.2, 0.25) is 0 Å². The normalized spacial score (nSPS) is 27.8. The van der Waals surface area contributed by atoms with Gasteiger partial charge in [-0.3, -0.25) is 0 Å². The van der Waals surface area contributed by atoms with Crippen LogP contribution in [0.4, 0.5) is 0 Å². The van der Waals surface area contributed by atoms with E-state index in [-0.39, 0.29) is 0 Å². The minimum atomic E-state index is 0.773. The molecule has 0 atom stereocenters. The Morgan fingerprint density at radius 2 is 1.92 bits per heavy atom. The van der Waals surface area contributed by atoms with Gasteiger partial charge in [0, 0.05) is 19.0 Å². The van der Waals surface area contributed by atoms with Gasteiger partial charge in [-0.25, -0.2) is 0 Å². The summed E-state index contributed by atoms with van der Waals surface area (Å²) in [6, 6.07) is 0.773. The van der Waals surface area contributed by atoms with Crippen molar-refractivity contribution in [2.45, 2.75) is 52.0 Å². The molecular weight excluding hydrogens is 158 g/mol. The van der Waals surface area contributed by atoms with E-state index < -0.39 is 0 Å². The lowest BCUT2D eigenvalue weighted by Gasteiger charge is -2.26. The first kappa shape index (κ1) is 10.6. The third-order valence-corrected chi connectivity index (χ3v) is 2.88. The third-order valence-electron chi connectivity index (χ3n) is 2.88. The quantitative estimate of drug-likeness (QED) is 0.518. The molecule has 13 heavy (non-hydrogen) atoms. The van der Waals surface area contributed by atoms with Crippen molar-refractivity contribution in [3.05, 3.63) is 0 Å². The van der Waals surface area contributed by atoms with Crippen LogP contribution in [0.3, 0.4) is 0 Å². The lowest BCUT2D eigenvalue weighted by atomic mass is 9.87. The van der Waals surface area contributed by atoms with Crippen LogP contribution in [-0.4, -0.2) is 12.6 Å². The Bertz CT molecular complexity index is 179. The van der Waals surface area contributed by atoms with Crippen LogP contribution in [0.25, 0.3) is 0 Å². The summed E-state index contributed by atoms with van der Waals surface area (Å²) < 4.78 is 0. The monoisotopic (exact) mass is 179 g/mol. The van der Waals surface area contributed by atoms with Crippen molar-refractivity contribution >= 4 is 0 Å². The first-order chi connectivity index (χ1) is 6.33. The lowest BCUT2D eigenvalue weighted by molar-refractivity contribution is 0.309. The van der Waals surface area contributed by atoms with Gasteiger partial charge >= 0.3 is 0 Å². The van der Waals surface area contributed by atoms with E-state index in [0.717, 1.165) is 24.9 Å². The Labute approximate surface area is 82.3 Å². The number of hydrogen-bond acceptors (Lipinski definition) is 1. The molecule has 0 aromatic heterocycles. The van der Waals surface area contributed by atoms with Crippen LogP contribution in [0.2, 0.25) is 0 Å². The molecule has 0 bridgehead atoms. The highest BCUT2D eigenvalue weighted by Crippen LogP contribution is 2.23. The van der Waals surface area contributed by atoms with E-state index in [1.54, 1.807) is 0 Å². The summed E-state index contributed by atoms with van der Waals surface area (Å²) in [6.45, 7) is 5.33. The van der Waals surface area contributed by atoms with Crippen molar-refractivity contribution < 1.29 is 0 Å². The molecule has 0 radical (unpaired) electrons. The van der Waals surface area contributed by atoms with Crippen molar-refractivity contribution in [3.8, 4) is 11.8 Å². The average molecular weight is 179 g/mol. The predicted molar refractivity (Wildman–Crippen MR) is 57.5 cm³/mol. The zero-order valence-corrected chi connectivity index (χ0v) is 8.90. The van der Waals surface area contributed by atoms with Crippen LogP contribution >= 0.6 is 0 Å². The summed E-state index contributed by atoms with van der Waals surface area (Å²) in [5.41, 5.74) is 0. The molecule has 0 unspecified atom stereocenters. The zero-order valence-electron chi connectivity index (χ0n) is 8.90. The van der Waals surface area contributed by atoms with Crippen LogP contribution in [0.1, 0.15) is 46.0 Å². The Kier molecular flexibility index (Phi) is 4.93.